The molecule has 2 nitrogen and oxygen atoms in total. The number of epoxide rings is 1. The van der Waals surface area contributed by atoms with Crippen LogP contribution in [-0.4, -0.2) is 22.9 Å². The largest absolute Gasteiger partial charge is 0.390 e. The van der Waals surface area contributed by atoms with Crippen LogP contribution in [0.5, 0.6) is 0 Å². The molecule has 3 atom stereocenters. The number of hydrogen-bond acceptors (Lipinski definition) is 2. The van der Waals surface area contributed by atoms with Gasteiger partial charge in [-0.15, -0.1) is 0 Å². The molecule has 1 aromatic rings. The summed E-state index contributed by atoms with van der Waals surface area (Å²) in [6.45, 7) is 0. The molecule has 17 heavy (non-hydrogen) atoms. The highest BCUT2D eigenvalue weighted by Gasteiger charge is 2.60. The van der Waals surface area contributed by atoms with E-state index >= 15 is 0 Å². The first kappa shape index (κ1) is 11.2. The maximum Gasteiger partial charge on any atom is 0.121 e. The Balaban J connectivity index is 1.68. The zero-order valence-corrected chi connectivity index (χ0v) is 10.1. The Morgan fingerprint density at radius 2 is 2.06 bits per heavy atom. The Morgan fingerprint density at radius 1 is 1.24 bits per heavy atom. The molecule has 1 saturated carbocycles. The second kappa shape index (κ2) is 4.43. The highest BCUT2D eigenvalue weighted by atomic mass is 16.6. The van der Waals surface area contributed by atoms with Crippen molar-refractivity contribution in [2.75, 3.05) is 0 Å². The predicted octanol–water partition coefficient (Wildman–Crippen LogP) is 2.69. The Labute approximate surface area is 103 Å². The zero-order valence-electron chi connectivity index (χ0n) is 10.1. The Morgan fingerprint density at radius 3 is 2.88 bits per heavy atom. The number of fused-ring (bicyclic) bond motifs is 1. The van der Waals surface area contributed by atoms with Crippen molar-refractivity contribution in [2.45, 2.75) is 56.3 Å². The van der Waals surface area contributed by atoms with Crippen LogP contribution in [0.1, 0.15) is 37.7 Å². The van der Waals surface area contributed by atoms with Gasteiger partial charge in [-0.05, 0) is 18.4 Å². The molecular formula is C15H20O2. The van der Waals surface area contributed by atoms with E-state index in [2.05, 4.69) is 12.1 Å². The van der Waals surface area contributed by atoms with E-state index < -0.39 is 0 Å². The van der Waals surface area contributed by atoms with Crippen LogP contribution in [0.15, 0.2) is 30.3 Å². The minimum Gasteiger partial charge on any atom is -0.390 e. The fraction of sp³-hybridized carbons (Fsp3) is 0.600. The second-order valence-electron chi connectivity index (χ2n) is 5.37. The molecule has 1 N–H and O–H groups in total. The molecule has 1 saturated heterocycles. The van der Waals surface area contributed by atoms with Crippen LogP contribution in [0.25, 0.3) is 0 Å². The Hall–Kier alpha value is -0.860. The third kappa shape index (κ3) is 2.12. The summed E-state index contributed by atoms with van der Waals surface area (Å²) in [5, 5.41) is 10.4. The maximum atomic E-state index is 10.4. The van der Waals surface area contributed by atoms with Gasteiger partial charge in [0, 0.05) is 6.42 Å². The summed E-state index contributed by atoms with van der Waals surface area (Å²) >= 11 is 0. The average Bonchev–Trinajstić information content (AvgIpc) is 3.04. The smallest absolute Gasteiger partial charge is 0.121 e. The van der Waals surface area contributed by atoms with E-state index in [1.54, 1.807) is 0 Å². The van der Waals surface area contributed by atoms with Gasteiger partial charge in [-0.25, -0.2) is 0 Å². The van der Waals surface area contributed by atoms with Crippen LogP contribution < -0.4 is 0 Å². The summed E-state index contributed by atoms with van der Waals surface area (Å²) in [7, 11) is 0. The van der Waals surface area contributed by atoms with E-state index in [-0.39, 0.29) is 11.7 Å². The van der Waals surface area contributed by atoms with Crippen molar-refractivity contribution in [3.63, 3.8) is 0 Å². The second-order valence-corrected chi connectivity index (χ2v) is 5.37. The van der Waals surface area contributed by atoms with E-state index in [4.69, 9.17) is 4.74 Å². The van der Waals surface area contributed by atoms with Gasteiger partial charge in [0.25, 0.3) is 0 Å². The highest BCUT2D eigenvalue weighted by molar-refractivity contribution is 5.19. The van der Waals surface area contributed by atoms with Crippen molar-refractivity contribution in [1.82, 2.24) is 0 Å². The van der Waals surface area contributed by atoms with E-state index in [1.807, 2.05) is 18.2 Å². The Kier molecular flexibility index (Phi) is 2.93. The molecular weight excluding hydrogens is 212 g/mol. The van der Waals surface area contributed by atoms with Crippen molar-refractivity contribution >= 4 is 0 Å². The van der Waals surface area contributed by atoms with Gasteiger partial charge in [0.05, 0.1) is 12.2 Å². The van der Waals surface area contributed by atoms with Crippen molar-refractivity contribution in [3.05, 3.63) is 35.9 Å². The molecule has 92 valence electrons. The number of ether oxygens (including phenoxy) is 1. The lowest BCUT2D eigenvalue weighted by molar-refractivity contribution is 0.0680. The number of hydrogen-bond donors (Lipinski definition) is 1. The molecule has 0 bridgehead atoms. The summed E-state index contributed by atoms with van der Waals surface area (Å²) in [4.78, 5) is 0. The summed E-state index contributed by atoms with van der Waals surface area (Å²) in [5.41, 5.74) is 1.000. The summed E-state index contributed by atoms with van der Waals surface area (Å²) < 4.78 is 5.83. The van der Waals surface area contributed by atoms with Crippen LogP contribution in [0, 0.1) is 0 Å². The van der Waals surface area contributed by atoms with Gasteiger partial charge in [-0.3, -0.25) is 0 Å². The molecule has 2 aliphatic rings. The van der Waals surface area contributed by atoms with E-state index in [0.29, 0.717) is 6.10 Å². The van der Waals surface area contributed by atoms with Gasteiger partial charge in [-0.2, -0.15) is 0 Å². The van der Waals surface area contributed by atoms with Gasteiger partial charge < -0.3 is 9.84 Å². The highest BCUT2D eigenvalue weighted by Crippen LogP contribution is 2.49. The summed E-state index contributed by atoms with van der Waals surface area (Å²) in [6, 6.07) is 10.2. The predicted molar refractivity (Wildman–Crippen MR) is 66.8 cm³/mol. The molecule has 0 unspecified atom stereocenters. The van der Waals surface area contributed by atoms with Gasteiger partial charge in [0.1, 0.15) is 5.60 Å². The molecule has 1 aromatic carbocycles. The standard InChI is InChI=1S/C15H20O2/c16-13(11-12-7-3-1-4-8-12)15-10-6-2-5-9-14(15)17-15/h1,3-4,7-8,13-14,16H,2,5-6,9-11H2/t13-,14-,15-/m0/s1. The molecule has 1 aliphatic heterocycles. The lowest BCUT2D eigenvalue weighted by atomic mass is 9.89. The van der Waals surface area contributed by atoms with E-state index in [9.17, 15) is 5.11 Å². The minimum absolute atomic E-state index is 0.202. The quantitative estimate of drug-likeness (QED) is 0.813. The monoisotopic (exact) mass is 232 g/mol. The van der Waals surface area contributed by atoms with Crippen LogP contribution in [0.4, 0.5) is 0 Å². The molecule has 3 rings (SSSR count). The fourth-order valence-electron chi connectivity index (χ4n) is 3.13. The normalized spacial score (nSPS) is 33.6. The number of aliphatic hydroxyl groups is 1. The van der Waals surface area contributed by atoms with Crippen molar-refractivity contribution < 1.29 is 9.84 Å². The van der Waals surface area contributed by atoms with Gasteiger partial charge in [0.15, 0.2) is 0 Å². The average molecular weight is 232 g/mol. The van der Waals surface area contributed by atoms with E-state index in [0.717, 1.165) is 19.3 Å². The van der Waals surface area contributed by atoms with Crippen molar-refractivity contribution in [3.8, 4) is 0 Å². The number of rotatable bonds is 3. The van der Waals surface area contributed by atoms with Crippen molar-refractivity contribution in [1.29, 1.82) is 0 Å². The van der Waals surface area contributed by atoms with Gasteiger partial charge in [0.2, 0.25) is 0 Å². The van der Waals surface area contributed by atoms with Crippen LogP contribution in [0.3, 0.4) is 0 Å². The van der Waals surface area contributed by atoms with Crippen LogP contribution >= 0.6 is 0 Å². The number of aliphatic hydroxyl groups excluding tert-OH is 1. The third-order valence-corrected chi connectivity index (χ3v) is 4.22. The third-order valence-electron chi connectivity index (χ3n) is 4.22. The lowest BCUT2D eigenvalue weighted by Gasteiger charge is -2.19. The lowest BCUT2D eigenvalue weighted by Crippen LogP contribution is -2.33. The Bertz CT molecular complexity index is 376. The maximum absolute atomic E-state index is 10.4. The molecule has 1 heterocycles. The summed E-state index contributed by atoms with van der Waals surface area (Å²) in [6.07, 6.45) is 6.61. The first-order valence-corrected chi connectivity index (χ1v) is 6.71. The SMILES string of the molecule is O[C@@H](Cc1ccccc1)[C@@]12CCCCC[C@@H]1O2. The van der Waals surface area contributed by atoms with Gasteiger partial charge in [-0.1, -0.05) is 49.6 Å². The molecule has 2 heteroatoms. The summed E-state index contributed by atoms with van der Waals surface area (Å²) in [5.74, 6) is 0. The fourth-order valence-corrected chi connectivity index (χ4v) is 3.13. The van der Waals surface area contributed by atoms with Crippen molar-refractivity contribution in [2.24, 2.45) is 0 Å². The molecule has 2 fully saturated rings. The molecule has 1 aliphatic carbocycles. The van der Waals surface area contributed by atoms with E-state index in [1.165, 1.54) is 24.8 Å². The van der Waals surface area contributed by atoms with Gasteiger partial charge >= 0.3 is 0 Å². The first-order valence-electron chi connectivity index (χ1n) is 6.71. The molecule has 0 amide bonds. The minimum atomic E-state index is -0.340. The molecule has 0 spiro atoms. The van der Waals surface area contributed by atoms with Crippen LogP contribution in [0.2, 0.25) is 0 Å². The molecule has 0 radical (unpaired) electrons. The van der Waals surface area contributed by atoms with Crippen LogP contribution in [-0.2, 0) is 11.2 Å². The molecule has 0 aromatic heterocycles. The zero-order chi connectivity index (χ0) is 11.7. The topological polar surface area (TPSA) is 32.8 Å². The first-order chi connectivity index (χ1) is 8.31. The number of benzene rings is 1.